The van der Waals surface area contributed by atoms with Gasteiger partial charge in [0.25, 0.3) is 5.91 Å². The van der Waals surface area contributed by atoms with Gasteiger partial charge in [-0.15, -0.1) is 0 Å². The molecule has 106 valence electrons. The molecular weight excluding hydrogens is 240 g/mol. The summed E-state index contributed by atoms with van der Waals surface area (Å²) in [7, 11) is 1.63. The first-order valence-corrected chi connectivity index (χ1v) is 6.55. The van der Waals surface area contributed by atoms with Crippen molar-refractivity contribution in [2.24, 2.45) is 0 Å². The number of methoxy groups -OCH3 is 1. The molecule has 1 rings (SSSR count). The molecule has 19 heavy (non-hydrogen) atoms. The van der Waals surface area contributed by atoms with Crippen LogP contribution in [0.5, 0.6) is 0 Å². The number of carbonyl (C=O) groups is 1. The Hall–Kier alpha value is -1.55. The summed E-state index contributed by atoms with van der Waals surface area (Å²) in [6, 6.07) is 5.68. The van der Waals surface area contributed by atoms with Gasteiger partial charge in [0.05, 0.1) is 12.1 Å². The van der Waals surface area contributed by atoms with E-state index in [-0.39, 0.29) is 11.4 Å². The van der Waals surface area contributed by atoms with Gasteiger partial charge in [0, 0.05) is 24.9 Å². The predicted octanol–water partition coefficient (Wildman–Crippen LogP) is 2.58. The van der Waals surface area contributed by atoms with Crippen molar-refractivity contribution in [3.8, 4) is 0 Å². The minimum absolute atomic E-state index is 0.0757. The van der Waals surface area contributed by atoms with Gasteiger partial charge in [-0.05, 0) is 51.5 Å². The molecule has 0 fully saturated rings. The summed E-state index contributed by atoms with van der Waals surface area (Å²) in [5.74, 6) is -0.0757. The summed E-state index contributed by atoms with van der Waals surface area (Å²) in [6.07, 6.45) is 0. The first kappa shape index (κ1) is 15.5. The lowest BCUT2D eigenvalue weighted by atomic mass is 10.0. The molecule has 0 aliphatic heterocycles. The number of nitrogens with one attached hydrogen (secondary N) is 2. The van der Waals surface area contributed by atoms with Crippen molar-refractivity contribution in [3.63, 3.8) is 0 Å². The maximum atomic E-state index is 12.2. The van der Waals surface area contributed by atoms with Crippen molar-refractivity contribution in [1.82, 2.24) is 5.32 Å². The number of benzene rings is 1. The molecule has 1 aromatic rings. The smallest absolute Gasteiger partial charge is 0.251 e. The molecule has 0 saturated heterocycles. The van der Waals surface area contributed by atoms with E-state index in [1.54, 1.807) is 7.11 Å². The monoisotopic (exact) mass is 264 g/mol. The quantitative estimate of drug-likeness (QED) is 0.830. The van der Waals surface area contributed by atoms with Crippen LogP contribution in [0, 0.1) is 6.92 Å². The number of rotatable bonds is 6. The predicted molar refractivity (Wildman–Crippen MR) is 78.8 cm³/mol. The molecule has 0 aliphatic carbocycles. The van der Waals surface area contributed by atoms with Crippen molar-refractivity contribution in [3.05, 3.63) is 29.3 Å². The van der Waals surface area contributed by atoms with Crippen LogP contribution in [0.3, 0.4) is 0 Å². The Kier molecular flexibility index (Phi) is 5.36. The zero-order chi connectivity index (χ0) is 14.5. The topological polar surface area (TPSA) is 50.4 Å². The molecule has 0 radical (unpaired) electrons. The van der Waals surface area contributed by atoms with E-state index in [1.807, 2.05) is 45.9 Å². The molecule has 0 saturated carbocycles. The van der Waals surface area contributed by atoms with Crippen LogP contribution < -0.4 is 10.6 Å². The van der Waals surface area contributed by atoms with Crippen LogP contribution in [0.25, 0.3) is 0 Å². The first-order valence-electron chi connectivity index (χ1n) is 6.55. The minimum atomic E-state index is -0.375. The maximum absolute atomic E-state index is 12.2. The summed E-state index contributed by atoms with van der Waals surface area (Å²) in [6.45, 7) is 9.27. The van der Waals surface area contributed by atoms with E-state index < -0.39 is 0 Å². The SMILES string of the molecule is CCNc1ccc(C(=O)NC(C)(C)COC)cc1C. The Morgan fingerprint density at radius 3 is 2.58 bits per heavy atom. The van der Waals surface area contributed by atoms with Gasteiger partial charge in [0.1, 0.15) is 0 Å². The third kappa shape index (κ3) is 4.56. The Morgan fingerprint density at radius 1 is 1.37 bits per heavy atom. The van der Waals surface area contributed by atoms with E-state index in [4.69, 9.17) is 4.74 Å². The lowest BCUT2D eigenvalue weighted by Gasteiger charge is -2.25. The summed E-state index contributed by atoms with van der Waals surface area (Å²) >= 11 is 0. The van der Waals surface area contributed by atoms with Gasteiger partial charge < -0.3 is 15.4 Å². The Balaban J connectivity index is 2.80. The van der Waals surface area contributed by atoms with Gasteiger partial charge in [-0.25, -0.2) is 0 Å². The van der Waals surface area contributed by atoms with Gasteiger partial charge in [-0.2, -0.15) is 0 Å². The third-order valence-electron chi connectivity index (χ3n) is 2.81. The highest BCUT2D eigenvalue weighted by atomic mass is 16.5. The second-order valence-corrected chi connectivity index (χ2v) is 5.33. The van der Waals surface area contributed by atoms with Crippen LogP contribution in [0.2, 0.25) is 0 Å². The highest BCUT2D eigenvalue weighted by molar-refractivity contribution is 5.95. The maximum Gasteiger partial charge on any atom is 0.251 e. The number of carbonyl (C=O) groups excluding carboxylic acids is 1. The van der Waals surface area contributed by atoms with E-state index in [1.165, 1.54) is 0 Å². The van der Waals surface area contributed by atoms with Crippen LogP contribution in [-0.2, 0) is 4.74 Å². The van der Waals surface area contributed by atoms with E-state index in [2.05, 4.69) is 10.6 Å². The molecule has 0 unspecified atom stereocenters. The average molecular weight is 264 g/mol. The number of ether oxygens (including phenoxy) is 1. The third-order valence-corrected chi connectivity index (χ3v) is 2.81. The Morgan fingerprint density at radius 2 is 2.05 bits per heavy atom. The van der Waals surface area contributed by atoms with Gasteiger partial charge in [0.2, 0.25) is 0 Å². The fraction of sp³-hybridized carbons (Fsp3) is 0.533. The van der Waals surface area contributed by atoms with Crippen molar-refractivity contribution in [1.29, 1.82) is 0 Å². The molecule has 0 atom stereocenters. The van der Waals surface area contributed by atoms with Crippen LogP contribution in [0.4, 0.5) is 5.69 Å². The Bertz CT molecular complexity index is 442. The van der Waals surface area contributed by atoms with Crippen molar-refractivity contribution < 1.29 is 9.53 Å². The average Bonchev–Trinajstić information content (AvgIpc) is 2.31. The van der Waals surface area contributed by atoms with Gasteiger partial charge in [-0.1, -0.05) is 0 Å². The lowest BCUT2D eigenvalue weighted by molar-refractivity contribution is 0.0820. The second-order valence-electron chi connectivity index (χ2n) is 5.33. The number of hydrogen-bond acceptors (Lipinski definition) is 3. The summed E-state index contributed by atoms with van der Waals surface area (Å²) in [5.41, 5.74) is 2.43. The van der Waals surface area contributed by atoms with Crippen molar-refractivity contribution in [2.45, 2.75) is 33.2 Å². The van der Waals surface area contributed by atoms with Crippen molar-refractivity contribution in [2.75, 3.05) is 25.6 Å². The van der Waals surface area contributed by atoms with Crippen LogP contribution in [-0.4, -0.2) is 31.7 Å². The van der Waals surface area contributed by atoms with Gasteiger partial charge >= 0.3 is 0 Å². The molecule has 0 spiro atoms. The zero-order valence-electron chi connectivity index (χ0n) is 12.5. The molecule has 0 bridgehead atoms. The molecule has 1 aromatic carbocycles. The fourth-order valence-electron chi connectivity index (χ4n) is 1.97. The van der Waals surface area contributed by atoms with E-state index >= 15 is 0 Å². The van der Waals surface area contributed by atoms with Gasteiger partial charge in [0.15, 0.2) is 0 Å². The van der Waals surface area contributed by atoms with Crippen LogP contribution in [0.15, 0.2) is 18.2 Å². The summed E-state index contributed by atoms with van der Waals surface area (Å²) in [5, 5.41) is 6.23. The van der Waals surface area contributed by atoms with Crippen LogP contribution in [0.1, 0.15) is 36.7 Å². The summed E-state index contributed by atoms with van der Waals surface area (Å²) in [4.78, 5) is 12.2. The number of aryl methyl sites for hydroxylation is 1. The van der Waals surface area contributed by atoms with E-state index in [9.17, 15) is 4.79 Å². The van der Waals surface area contributed by atoms with Crippen molar-refractivity contribution >= 4 is 11.6 Å². The normalized spacial score (nSPS) is 11.2. The fourth-order valence-corrected chi connectivity index (χ4v) is 1.97. The first-order chi connectivity index (χ1) is 8.89. The molecule has 0 heterocycles. The molecule has 1 amide bonds. The number of amides is 1. The van der Waals surface area contributed by atoms with Gasteiger partial charge in [-0.3, -0.25) is 4.79 Å². The molecule has 4 nitrogen and oxygen atoms in total. The van der Waals surface area contributed by atoms with E-state index in [0.717, 1.165) is 17.8 Å². The molecule has 0 aliphatic rings. The summed E-state index contributed by atoms with van der Waals surface area (Å²) < 4.78 is 5.09. The molecule has 2 N–H and O–H groups in total. The standard InChI is InChI=1S/C15H24N2O2/c1-6-16-13-8-7-12(9-11(13)2)14(18)17-15(3,4)10-19-5/h7-9,16H,6,10H2,1-5H3,(H,17,18). The largest absolute Gasteiger partial charge is 0.385 e. The highest BCUT2D eigenvalue weighted by Crippen LogP contribution is 2.17. The lowest BCUT2D eigenvalue weighted by Crippen LogP contribution is -2.46. The van der Waals surface area contributed by atoms with Crippen LogP contribution >= 0.6 is 0 Å². The second kappa shape index (κ2) is 6.57. The molecular formula is C15H24N2O2. The molecule has 4 heteroatoms. The number of hydrogen-bond donors (Lipinski definition) is 2. The highest BCUT2D eigenvalue weighted by Gasteiger charge is 2.21. The molecule has 0 aromatic heterocycles. The van der Waals surface area contributed by atoms with E-state index in [0.29, 0.717) is 12.2 Å². The zero-order valence-corrected chi connectivity index (χ0v) is 12.5. The number of anilines is 1. The Labute approximate surface area is 115 Å². The minimum Gasteiger partial charge on any atom is -0.385 e.